The molecule has 0 N–H and O–H groups in total. The van der Waals surface area contributed by atoms with Gasteiger partial charge in [-0.2, -0.15) is 0 Å². The van der Waals surface area contributed by atoms with Crippen molar-refractivity contribution in [1.82, 2.24) is 5.23 Å². The largest absolute Gasteiger partial charge is 0.267 e. The molecule has 0 amide bonds. The first kappa shape index (κ1) is 9.46. The van der Waals surface area contributed by atoms with Crippen LogP contribution in [0.2, 0.25) is 0 Å². The molecule has 0 aromatic heterocycles. The first-order chi connectivity index (χ1) is 6.93. The minimum absolute atomic E-state index is 0.289. The molecular formula is C10H17NO2S. The molecule has 4 heteroatoms. The topological polar surface area (TPSA) is 21.7 Å². The average molecular weight is 215 g/mol. The van der Waals surface area contributed by atoms with E-state index < -0.39 is 0 Å². The van der Waals surface area contributed by atoms with E-state index in [1.165, 1.54) is 37.9 Å². The Bertz CT molecular complexity index is 196. The molecule has 3 nitrogen and oxygen atoms in total. The second kappa shape index (κ2) is 4.00. The lowest BCUT2D eigenvalue weighted by Gasteiger charge is -2.28. The maximum Gasteiger partial charge on any atom is 0.156 e. The lowest BCUT2D eigenvalue weighted by atomic mass is 9.96. The second-order valence-corrected chi connectivity index (χ2v) is 5.56. The zero-order valence-electron chi connectivity index (χ0n) is 8.35. The third kappa shape index (κ3) is 1.69. The molecule has 1 saturated carbocycles. The van der Waals surface area contributed by atoms with Gasteiger partial charge in [-0.3, -0.25) is 9.68 Å². The predicted molar refractivity (Wildman–Crippen MR) is 55.5 cm³/mol. The van der Waals surface area contributed by atoms with Gasteiger partial charge < -0.3 is 0 Å². The summed E-state index contributed by atoms with van der Waals surface area (Å²) in [6.07, 6.45) is 8.01. The van der Waals surface area contributed by atoms with E-state index in [9.17, 15) is 0 Å². The van der Waals surface area contributed by atoms with Gasteiger partial charge in [-0.25, -0.2) is 0 Å². The highest BCUT2D eigenvalue weighted by Crippen LogP contribution is 2.38. The van der Waals surface area contributed by atoms with E-state index in [1.54, 1.807) is 0 Å². The number of nitrogens with zero attached hydrogens (tertiary/aromatic N) is 1. The van der Waals surface area contributed by atoms with Crippen LogP contribution < -0.4 is 0 Å². The van der Waals surface area contributed by atoms with Crippen LogP contribution in [0, 0.1) is 0 Å². The van der Waals surface area contributed by atoms with Crippen molar-refractivity contribution in [3.8, 4) is 0 Å². The van der Waals surface area contributed by atoms with E-state index in [0.29, 0.717) is 12.1 Å². The van der Waals surface area contributed by atoms with Crippen LogP contribution in [-0.4, -0.2) is 28.6 Å². The number of hydroxylamine groups is 2. The maximum absolute atomic E-state index is 5.82. The molecule has 0 radical (unpaired) electrons. The summed E-state index contributed by atoms with van der Waals surface area (Å²) in [5.41, 5.74) is 0.289. The van der Waals surface area contributed by atoms with E-state index in [2.05, 4.69) is 0 Å². The smallest absolute Gasteiger partial charge is 0.156 e. The third-order valence-electron chi connectivity index (χ3n) is 3.31. The number of rotatable bonds is 1. The van der Waals surface area contributed by atoms with Crippen LogP contribution in [-0.2, 0) is 9.68 Å². The summed E-state index contributed by atoms with van der Waals surface area (Å²) in [6.45, 7) is 0. The molecule has 80 valence electrons. The Labute approximate surface area is 89.0 Å². The van der Waals surface area contributed by atoms with Crippen LogP contribution >= 0.6 is 11.8 Å². The quantitative estimate of drug-likeness (QED) is 0.669. The highest BCUT2D eigenvalue weighted by Gasteiger charge is 2.42. The SMILES string of the molecule is C1CCC(N2O[C@H]3CCS[C@@H]3O2)CC1. The van der Waals surface area contributed by atoms with Crippen molar-refractivity contribution in [3.05, 3.63) is 0 Å². The molecule has 2 aliphatic heterocycles. The third-order valence-corrected chi connectivity index (χ3v) is 4.50. The molecule has 3 fully saturated rings. The number of hydrogen-bond acceptors (Lipinski definition) is 4. The highest BCUT2D eigenvalue weighted by molar-refractivity contribution is 8.00. The van der Waals surface area contributed by atoms with Crippen molar-refractivity contribution < 1.29 is 9.68 Å². The number of fused-ring (bicyclic) bond motifs is 1. The van der Waals surface area contributed by atoms with Gasteiger partial charge in [0.15, 0.2) is 5.44 Å². The van der Waals surface area contributed by atoms with Gasteiger partial charge in [-0.05, 0) is 25.0 Å². The molecule has 14 heavy (non-hydrogen) atoms. The lowest BCUT2D eigenvalue weighted by Crippen LogP contribution is -2.33. The van der Waals surface area contributed by atoms with Gasteiger partial charge in [-0.1, -0.05) is 24.5 Å². The maximum atomic E-state index is 5.82. The van der Waals surface area contributed by atoms with Gasteiger partial charge >= 0.3 is 0 Å². The zero-order chi connectivity index (χ0) is 9.38. The van der Waals surface area contributed by atoms with Gasteiger partial charge in [0.2, 0.25) is 0 Å². The van der Waals surface area contributed by atoms with E-state index in [1.807, 2.05) is 17.0 Å². The van der Waals surface area contributed by atoms with Gasteiger partial charge in [0.1, 0.15) is 6.10 Å². The van der Waals surface area contributed by atoms with Crippen LogP contribution in [0.15, 0.2) is 0 Å². The summed E-state index contributed by atoms with van der Waals surface area (Å²) in [7, 11) is 0. The van der Waals surface area contributed by atoms with Gasteiger partial charge in [0.05, 0.1) is 6.04 Å². The van der Waals surface area contributed by atoms with Gasteiger partial charge in [0.25, 0.3) is 0 Å². The fourth-order valence-corrected chi connectivity index (χ4v) is 3.62. The average Bonchev–Trinajstić information content (AvgIpc) is 2.78. The van der Waals surface area contributed by atoms with Crippen LogP contribution in [0.25, 0.3) is 0 Å². The highest BCUT2D eigenvalue weighted by atomic mass is 32.2. The minimum Gasteiger partial charge on any atom is -0.267 e. The normalized spacial score (nSPS) is 40.3. The molecule has 0 aromatic rings. The van der Waals surface area contributed by atoms with Crippen LogP contribution in [0.5, 0.6) is 0 Å². The molecule has 3 rings (SSSR count). The second-order valence-electron chi connectivity index (χ2n) is 4.35. The molecule has 2 saturated heterocycles. The Morgan fingerprint density at radius 2 is 1.86 bits per heavy atom. The molecule has 0 spiro atoms. The zero-order valence-corrected chi connectivity index (χ0v) is 9.17. The monoisotopic (exact) mass is 215 g/mol. The predicted octanol–water partition coefficient (Wildman–Crippen LogP) is 2.33. The van der Waals surface area contributed by atoms with Crippen molar-refractivity contribution >= 4 is 11.8 Å². The van der Waals surface area contributed by atoms with Gasteiger partial charge in [-0.15, -0.1) is 11.8 Å². The summed E-state index contributed by atoms with van der Waals surface area (Å²) in [5.74, 6) is 1.19. The van der Waals surface area contributed by atoms with Gasteiger partial charge in [0, 0.05) is 0 Å². The van der Waals surface area contributed by atoms with Crippen molar-refractivity contribution in [2.45, 2.75) is 56.1 Å². The summed E-state index contributed by atoms with van der Waals surface area (Å²) in [5, 5.41) is 1.82. The summed E-state index contributed by atoms with van der Waals surface area (Å²) in [4.78, 5) is 11.6. The lowest BCUT2D eigenvalue weighted by molar-refractivity contribution is -0.337. The van der Waals surface area contributed by atoms with Crippen LogP contribution in [0.3, 0.4) is 0 Å². The fourth-order valence-electron chi connectivity index (χ4n) is 2.47. The van der Waals surface area contributed by atoms with E-state index >= 15 is 0 Å². The Balaban J connectivity index is 1.59. The minimum atomic E-state index is 0.289. The molecule has 2 heterocycles. The first-order valence-corrected chi connectivity index (χ1v) is 6.73. The molecular weight excluding hydrogens is 198 g/mol. The number of hydrogen-bond donors (Lipinski definition) is 0. The van der Waals surface area contributed by atoms with E-state index in [-0.39, 0.29) is 5.44 Å². The molecule has 1 aliphatic carbocycles. The summed E-state index contributed by atoms with van der Waals surface area (Å²) < 4.78 is 0. The van der Waals surface area contributed by atoms with Crippen LogP contribution in [0.4, 0.5) is 0 Å². The summed E-state index contributed by atoms with van der Waals surface area (Å²) in [6, 6.07) is 0.523. The molecule has 0 aromatic carbocycles. The van der Waals surface area contributed by atoms with Crippen molar-refractivity contribution in [2.24, 2.45) is 0 Å². The van der Waals surface area contributed by atoms with E-state index in [0.717, 1.165) is 6.42 Å². The Morgan fingerprint density at radius 1 is 1.00 bits per heavy atom. The van der Waals surface area contributed by atoms with Crippen molar-refractivity contribution in [3.63, 3.8) is 0 Å². The Kier molecular flexibility index (Phi) is 2.70. The summed E-state index contributed by atoms with van der Waals surface area (Å²) >= 11 is 1.89. The molecule has 0 bridgehead atoms. The molecule has 0 unspecified atom stereocenters. The molecule has 3 aliphatic rings. The van der Waals surface area contributed by atoms with Crippen molar-refractivity contribution in [1.29, 1.82) is 0 Å². The molecule has 2 atom stereocenters. The Hall–Kier alpha value is 0.230. The number of thioether (sulfide) groups is 1. The Morgan fingerprint density at radius 3 is 2.64 bits per heavy atom. The standard InChI is InChI=1S/C10H17NO2S/c1-2-4-8(5-3-1)11-12-9-6-7-14-10(9)13-11/h8-10H,1-7H2/t9-,10-/m0/s1. The van der Waals surface area contributed by atoms with E-state index in [4.69, 9.17) is 9.68 Å². The first-order valence-electron chi connectivity index (χ1n) is 5.68. The fraction of sp³-hybridized carbons (Fsp3) is 1.00. The van der Waals surface area contributed by atoms with Crippen LogP contribution in [0.1, 0.15) is 38.5 Å². The van der Waals surface area contributed by atoms with Crippen molar-refractivity contribution in [2.75, 3.05) is 5.75 Å².